The van der Waals surface area contributed by atoms with E-state index < -0.39 is 39.8 Å². The molecule has 0 aliphatic carbocycles. The molecule has 2 atom stereocenters. The Morgan fingerprint density at radius 2 is 1.86 bits per heavy atom. The van der Waals surface area contributed by atoms with Crippen LogP contribution in [0.2, 0.25) is 0 Å². The summed E-state index contributed by atoms with van der Waals surface area (Å²) in [6.07, 6.45) is 0.380. The van der Waals surface area contributed by atoms with Gasteiger partial charge in [0.15, 0.2) is 23.2 Å². The number of aromatic nitrogens is 1. The summed E-state index contributed by atoms with van der Waals surface area (Å²) < 4.78 is 57.3. The van der Waals surface area contributed by atoms with Gasteiger partial charge in [-0.15, -0.1) is 0 Å². The van der Waals surface area contributed by atoms with Gasteiger partial charge in [-0.2, -0.15) is 4.39 Å². The average molecular weight is 620 g/mol. The maximum Gasteiger partial charge on any atom is 0.281 e. The Morgan fingerprint density at radius 3 is 2.57 bits per heavy atom. The number of hydrogen-bond donors (Lipinski definition) is 2. The largest absolute Gasteiger partial charge is 0.506 e. The van der Waals surface area contributed by atoms with Crippen LogP contribution in [0.1, 0.15) is 59.6 Å². The predicted molar refractivity (Wildman–Crippen MR) is 163 cm³/mol. The number of halogens is 2. The van der Waals surface area contributed by atoms with Gasteiger partial charge in [0.05, 0.1) is 21.4 Å². The zero-order valence-corrected chi connectivity index (χ0v) is 25.4. The fourth-order valence-electron chi connectivity index (χ4n) is 5.80. The summed E-state index contributed by atoms with van der Waals surface area (Å²) in [5.41, 5.74) is 0.882. The van der Waals surface area contributed by atoms with Crippen LogP contribution in [0.3, 0.4) is 0 Å². The second-order valence-electron chi connectivity index (χ2n) is 11.7. The Bertz CT molecular complexity index is 1840. The second kappa shape index (κ2) is 11.2. The Hall–Kier alpha value is -4.51. The highest BCUT2D eigenvalue weighted by molar-refractivity contribution is 7.89. The number of oxazole rings is 1. The molecule has 0 spiro atoms. The van der Waals surface area contributed by atoms with E-state index in [1.54, 1.807) is 32.0 Å². The molecule has 0 radical (unpaired) electrons. The van der Waals surface area contributed by atoms with Gasteiger partial charge in [-0.3, -0.25) is 13.9 Å². The molecule has 228 valence electrons. The molecular weight excluding hydrogens is 588 g/mol. The van der Waals surface area contributed by atoms with Gasteiger partial charge in [0.1, 0.15) is 29.8 Å². The number of carbonyl (C=O) groups is 1. The van der Waals surface area contributed by atoms with E-state index in [0.717, 1.165) is 5.56 Å². The summed E-state index contributed by atoms with van der Waals surface area (Å²) >= 11 is 0. The number of aryl methyl sites for hydroxylation is 2. The van der Waals surface area contributed by atoms with Crippen molar-refractivity contribution in [3.8, 4) is 11.5 Å². The number of ether oxygens (including phenoxy) is 1. The van der Waals surface area contributed by atoms with Crippen LogP contribution in [0.4, 0.5) is 20.2 Å². The van der Waals surface area contributed by atoms with Crippen LogP contribution in [-0.4, -0.2) is 26.0 Å². The molecule has 6 rings (SSSR count). The summed E-state index contributed by atoms with van der Waals surface area (Å²) in [5, 5.41) is 14.2. The van der Waals surface area contributed by atoms with Gasteiger partial charge < -0.3 is 19.6 Å². The van der Waals surface area contributed by atoms with Crippen molar-refractivity contribution in [3.63, 3.8) is 0 Å². The first kappa shape index (κ1) is 29.6. The van der Waals surface area contributed by atoms with E-state index in [0.29, 0.717) is 12.1 Å². The first-order valence-corrected chi connectivity index (χ1v) is 15.4. The van der Waals surface area contributed by atoms with Gasteiger partial charge in [0.2, 0.25) is 5.82 Å². The first-order chi connectivity index (χ1) is 20.9. The molecule has 11 heteroatoms. The molecule has 1 amide bonds. The Balaban J connectivity index is 1.56. The number of carbonyl (C=O) groups excluding carboxylic acids is 1. The van der Waals surface area contributed by atoms with Gasteiger partial charge in [0.25, 0.3) is 5.91 Å². The van der Waals surface area contributed by atoms with Crippen molar-refractivity contribution in [1.29, 1.82) is 0 Å². The number of nitrogens with zero attached hydrogens (tertiary/aromatic N) is 2. The van der Waals surface area contributed by atoms with Crippen molar-refractivity contribution in [2.75, 3.05) is 16.0 Å². The van der Waals surface area contributed by atoms with E-state index in [2.05, 4.69) is 10.3 Å². The van der Waals surface area contributed by atoms with Gasteiger partial charge in [-0.1, -0.05) is 50.2 Å². The Labute approximate surface area is 255 Å². The summed E-state index contributed by atoms with van der Waals surface area (Å²) in [7, 11) is -1.73. The fraction of sp³-hybridized carbons (Fsp3) is 0.273. The number of allylic oxidation sites excluding steroid dienone is 1. The number of fused-ring (bicyclic) bond motifs is 1. The molecule has 2 N–H and O–H groups in total. The number of phenols is 1. The molecule has 3 heterocycles. The molecule has 44 heavy (non-hydrogen) atoms. The lowest BCUT2D eigenvalue weighted by Gasteiger charge is -2.37. The van der Waals surface area contributed by atoms with Crippen molar-refractivity contribution in [2.45, 2.75) is 46.8 Å². The highest BCUT2D eigenvalue weighted by atomic mass is 32.2. The summed E-state index contributed by atoms with van der Waals surface area (Å²) in [5.74, 6) is -2.97. The molecule has 2 aliphatic heterocycles. The van der Waals surface area contributed by atoms with Crippen LogP contribution in [0.5, 0.6) is 11.5 Å². The molecular formula is C33H31F2N3O5S. The lowest BCUT2D eigenvalue weighted by atomic mass is 9.88. The normalized spacial score (nSPS) is 19.1. The lowest BCUT2D eigenvalue weighted by molar-refractivity contribution is 0.0974. The number of rotatable bonds is 5. The van der Waals surface area contributed by atoms with Crippen LogP contribution >= 0.6 is 0 Å². The van der Waals surface area contributed by atoms with Gasteiger partial charge >= 0.3 is 0 Å². The van der Waals surface area contributed by atoms with Crippen molar-refractivity contribution < 1.29 is 32.0 Å². The van der Waals surface area contributed by atoms with Crippen LogP contribution in [0.15, 0.2) is 75.7 Å². The number of benzene rings is 3. The Morgan fingerprint density at radius 1 is 1.11 bits per heavy atom. The standard InChI is InChI=1S/C33H31F2N3O5S/c1-18-28(36-19(2)43-18)32(40)38-23-11-8-12-24(39)29(23)37-22-15-33(3,4)17-44(41)31(22)30(38)21-13-14-25(27(35)26(21)34)42-16-20-9-6-5-7-10-20/h5-14,30,37,39H,15-17H2,1-4H3. The predicted octanol–water partition coefficient (Wildman–Crippen LogP) is 7.06. The third-order valence-electron chi connectivity index (χ3n) is 7.72. The molecule has 0 saturated heterocycles. The summed E-state index contributed by atoms with van der Waals surface area (Å²) in [6, 6.07) is 14.9. The molecule has 2 aliphatic rings. The van der Waals surface area contributed by atoms with Crippen molar-refractivity contribution in [3.05, 3.63) is 111 Å². The van der Waals surface area contributed by atoms with Crippen LogP contribution in [0, 0.1) is 30.9 Å². The highest BCUT2D eigenvalue weighted by Gasteiger charge is 2.45. The minimum atomic E-state index is -1.73. The Kier molecular flexibility index (Phi) is 7.53. The molecule has 4 aromatic rings. The third kappa shape index (κ3) is 5.25. The molecule has 3 aromatic carbocycles. The second-order valence-corrected chi connectivity index (χ2v) is 13.2. The summed E-state index contributed by atoms with van der Waals surface area (Å²) in [6.45, 7) is 7.08. The quantitative estimate of drug-likeness (QED) is 0.231. The number of anilines is 2. The highest BCUT2D eigenvalue weighted by Crippen LogP contribution is 2.51. The number of para-hydroxylation sites is 1. The third-order valence-corrected chi connectivity index (χ3v) is 9.72. The van der Waals surface area contributed by atoms with Crippen molar-refractivity contribution in [2.24, 2.45) is 5.41 Å². The smallest absolute Gasteiger partial charge is 0.281 e. The average Bonchev–Trinajstić information content (AvgIpc) is 3.23. The van der Waals surface area contributed by atoms with E-state index in [9.17, 15) is 14.1 Å². The number of aromatic hydroxyl groups is 1. The molecule has 8 nitrogen and oxygen atoms in total. The van der Waals surface area contributed by atoms with Crippen molar-refractivity contribution >= 4 is 28.1 Å². The van der Waals surface area contributed by atoms with Gasteiger partial charge in [-0.25, -0.2) is 9.37 Å². The topological polar surface area (TPSA) is 105 Å². The summed E-state index contributed by atoms with van der Waals surface area (Å²) in [4.78, 5) is 20.1. The van der Waals surface area contributed by atoms with Crippen LogP contribution in [0.25, 0.3) is 0 Å². The molecule has 0 saturated carbocycles. The fourth-order valence-corrected chi connectivity index (χ4v) is 7.65. The number of phenolic OH excluding ortho intramolecular Hbond substituents is 1. The monoisotopic (exact) mass is 619 g/mol. The number of amides is 1. The molecule has 0 fully saturated rings. The minimum Gasteiger partial charge on any atom is -0.506 e. The van der Waals surface area contributed by atoms with E-state index >= 15 is 8.78 Å². The van der Waals surface area contributed by atoms with Gasteiger partial charge in [0, 0.05) is 23.9 Å². The molecule has 0 bridgehead atoms. The maximum atomic E-state index is 16.3. The van der Waals surface area contributed by atoms with Gasteiger partial charge in [-0.05, 0) is 48.6 Å². The number of nitrogens with one attached hydrogen (secondary N) is 1. The SMILES string of the molecule is Cc1nc(C(=O)N2c3cccc(O)c3NC3=C(C2c2ccc(OCc4ccccc4)c(F)c2F)S(=O)CC(C)(C)C3)c(C)o1. The van der Waals surface area contributed by atoms with Crippen LogP contribution in [-0.2, 0) is 17.4 Å². The van der Waals surface area contributed by atoms with Crippen molar-refractivity contribution in [1.82, 2.24) is 4.98 Å². The number of hydrogen-bond acceptors (Lipinski definition) is 7. The maximum absolute atomic E-state index is 16.3. The van der Waals surface area contributed by atoms with E-state index in [1.165, 1.54) is 29.2 Å². The zero-order chi connectivity index (χ0) is 31.3. The lowest BCUT2D eigenvalue weighted by Crippen LogP contribution is -2.40. The minimum absolute atomic E-state index is 0.0142. The van der Waals surface area contributed by atoms with E-state index in [4.69, 9.17) is 9.15 Å². The molecule has 1 aromatic heterocycles. The first-order valence-electron chi connectivity index (χ1n) is 14.1. The molecule has 2 unspecified atom stereocenters. The zero-order valence-electron chi connectivity index (χ0n) is 24.6. The van der Waals surface area contributed by atoms with E-state index in [1.807, 2.05) is 32.0 Å². The van der Waals surface area contributed by atoms with Crippen LogP contribution < -0.4 is 15.0 Å². The van der Waals surface area contributed by atoms with E-state index in [-0.39, 0.29) is 63.0 Å².